The topological polar surface area (TPSA) is 176 Å². The maximum atomic E-state index is 12.8. The van der Waals surface area contributed by atoms with E-state index in [4.69, 9.17) is 28.1 Å². The number of aromatic hydroxyl groups is 1. The Hall–Kier alpha value is -6.16. The number of alkyl halides is 1. The number of halogens is 1. The summed E-state index contributed by atoms with van der Waals surface area (Å²) in [6.07, 6.45) is 2.78. The molecule has 0 saturated heterocycles. The normalized spacial score (nSPS) is 10.1. The summed E-state index contributed by atoms with van der Waals surface area (Å²) in [5.74, 6) is 0.0181. The van der Waals surface area contributed by atoms with Gasteiger partial charge in [-0.15, -0.1) is 0 Å². The quantitative estimate of drug-likeness (QED) is 0.0369. The number of hydrogen-bond donors (Lipinski definition) is 2. The molecule has 2 N–H and O–H groups in total. The highest BCUT2D eigenvalue weighted by atomic mass is 127. The zero-order chi connectivity index (χ0) is 40.5. The number of aromatic nitrogens is 2. The van der Waals surface area contributed by atoms with E-state index in [1.807, 2.05) is 60.4 Å². The number of pyridine rings is 1. The Labute approximate surface area is 344 Å². The first-order chi connectivity index (χ1) is 27.2. The molecule has 6 rings (SSSR count). The van der Waals surface area contributed by atoms with Crippen molar-refractivity contribution in [1.29, 1.82) is 0 Å². The van der Waals surface area contributed by atoms with Gasteiger partial charge in [-0.25, -0.2) is 19.4 Å². The van der Waals surface area contributed by atoms with E-state index >= 15 is 0 Å². The first-order valence-corrected chi connectivity index (χ1v) is 19.7. The Balaban J connectivity index is 0.000000294. The van der Waals surface area contributed by atoms with Crippen molar-refractivity contribution in [2.45, 2.75) is 41.0 Å². The van der Waals surface area contributed by atoms with Crippen LogP contribution in [0.2, 0.25) is 0 Å². The number of ether oxygens (including phenoxy) is 5. The van der Waals surface area contributed by atoms with Gasteiger partial charge in [0.25, 0.3) is 5.56 Å². The van der Waals surface area contributed by atoms with E-state index in [9.17, 15) is 24.3 Å². The van der Waals surface area contributed by atoms with Gasteiger partial charge < -0.3 is 38.2 Å². The molecule has 2 aromatic heterocycles. The van der Waals surface area contributed by atoms with Crippen LogP contribution in [0.5, 0.6) is 28.7 Å². The van der Waals surface area contributed by atoms with Gasteiger partial charge >= 0.3 is 17.9 Å². The first-order valence-electron chi connectivity index (χ1n) is 17.6. The van der Waals surface area contributed by atoms with Gasteiger partial charge in [-0.2, -0.15) is 0 Å². The molecule has 0 aliphatic rings. The third-order valence-corrected chi connectivity index (χ3v) is 7.63. The van der Waals surface area contributed by atoms with Crippen molar-refractivity contribution in [3.63, 3.8) is 0 Å². The number of aromatic amines is 1. The molecule has 0 saturated carbocycles. The molecular formula is C43H45IN2O11. The number of nitrogens with one attached hydrogen (secondary N) is 1. The molecule has 0 unspecified atom stereocenters. The van der Waals surface area contributed by atoms with Crippen LogP contribution < -0.4 is 15.0 Å². The second-order valence-electron chi connectivity index (χ2n) is 11.4. The zero-order valence-corrected chi connectivity index (χ0v) is 33.4. The third kappa shape index (κ3) is 12.2. The zero-order valence-electron chi connectivity index (χ0n) is 31.2. The summed E-state index contributed by atoms with van der Waals surface area (Å²) >= 11 is 2.15. The molecule has 6 aromatic rings. The van der Waals surface area contributed by atoms with Crippen molar-refractivity contribution in [1.82, 2.24) is 9.97 Å². The summed E-state index contributed by atoms with van der Waals surface area (Å²) in [7, 11) is 0. The smallest absolute Gasteiger partial charge is 0.360 e. The molecule has 0 amide bonds. The number of carbonyl (C=O) groups is 3. The lowest BCUT2D eigenvalue weighted by Gasteiger charge is -2.12. The van der Waals surface area contributed by atoms with E-state index in [-0.39, 0.29) is 59.9 Å². The number of oxazole rings is 1. The molecule has 13 nitrogen and oxygen atoms in total. The fourth-order valence-corrected chi connectivity index (χ4v) is 5.08. The summed E-state index contributed by atoms with van der Waals surface area (Å²) < 4.78 is 32.2. The van der Waals surface area contributed by atoms with Crippen LogP contribution in [-0.2, 0) is 14.2 Å². The van der Waals surface area contributed by atoms with Crippen LogP contribution in [0.4, 0.5) is 0 Å². The molecule has 0 radical (unpaired) electrons. The maximum Gasteiger partial charge on any atom is 0.360 e. The van der Waals surface area contributed by atoms with Crippen LogP contribution in [0, 0.1) is 0 Å². The number of carbonyl (C=O) groups excluding carboxylic acids is 3. The lowest BCUT2D eigenvalue weighted by molar-refractivity contribution is 0.0493. The Morgan fingerprint density at radius 2 is 1.30 bits per heavy atom. The minimum absolute atomic E-state index is 0. The van der Waals surface area contributed by atoms with Gasteiger partial charge in [0.2, 0.25) is 0 Å². The van der Waals surface area contributed by atoms with Gasteiger partial charge in [-0.05, 0) is 85.9 Å². The summed E-state index contributed by atoms with van der Waals surface area (Å²) in [4.78, 5) is 57.3. The monoisotopic (exact) mass is 892 g/mol. The Morgan fingerprint density at radius 3 is 1.89 bits per heavy atom. The van der Waals surface area contributed by atoms with Crippen LogP contribution in [-0.4, -0.2) is 57.7 Å². The second kappa shape index (κ2) is 23.0. The Morgan fingerprint density at radius 1 is 0.719 bits per heavy atom. The molecule has 300 valence electrons. The number of hydrogen-bond acceptors (Lipinski definition) is 12. The molecular weight excluding hydrogens is 847 g/mol. The first kappa shape index (κ1) is 45.2. The maximum absolute atomic E-state index is 12.8. The minimum atomic E-state index is -0.779. The minimum Gasteiger partial charge on any atom is -0.505 e. The van der Waals surface area contributed by atoms with Crippen molar-refractivity contribution >= 4 is 51.3 Å². The van der Waals surface area contributed by atoms with Crippen molar-refractivity contribution in [2.75, 3.05) is 24.8 Å². The van der Waals surface area contributed by atoms with E-state index in [2.05, 4.69) is 32.6 Å². The van der Waals surface area contributed by atoms with Crippen molar-refractivity contribution in [3.8, 4) is 40.1 Å². The van der Waals surface area contributed by atoms with Crippen molar-refractivity contribution < 1.29 is 47.6 Å². The fraction of sp³-hybridized carbons (Fsp3) is 0.233. The number of fused-ring (bicyclic) bond motifs is 1. The standard InChI is InChI=1S/C23H23NO6.C18H15NO5.CH3I.CH4/c1-3-5-13-28-22(25)19-14-17(30-16-9-7-6-8-10-16)11-12-18(19)21-20(24-15-29-21)23(26)27-4-2;1-2-23-18(22)15-16(20)13-9-8-12(10-14(13)17(21)19-15)24-11-6-4-3-5-7-11;1-2;/h6-12,14-15H,3-5,13H2,1-2H3;3-10,20H,2H2,1H3,(H,19,21);1H3;1H4. The lowest BCUT2D eigenvalue weighted by Crippen LogP contribution is -2.15. The van der Waals surface area contributed by atoms with E-state index < -0.39 is 23.5 Å². The molecule has 0 aliphatic carbocycles. The molecule has 57 heavy (non-hydrogen) atoms. The highest BCUT2D eigenvalue weighted by Crippen LogP contribution is 2.33. The highest BCUT2D eigenvalue weighted by molar-refractivity contribution is 14.1. The fourth-order valence-electron chi connectivity index (χ4n) is 5.08. The number of esters is 3. The van der Waals surface area contributed by atoms with Gasteiger partial charge in [0.15, 0.2) is 29.3 Å². The summed E-state index contributed by atoms with van der Waals surface area (Å²) in [5, 5.41) is 10.7. The lowest BCUT2D eigenvalue weighted by atomic mass is 10.0. The van der Waals surface area contributed by atoms with Gasteiger partial charge in [0.1, 0.15) is 23.0 Å². The molecule has 0 atom stereocenters. The Kier molecular flexibility index (Phi) is 18.3. The largest absolute Gasteiger partial charge is 0.505 e. The van der Waals surface area contributed by atoms with Gasteiger partial charge in [0, 0.05) is 10.9 Å². The van der Waals surface area contributed by atoms with Crippen molar-refractivity contribution in [3.05, 3.63) is 131 Å². The van der Waals surface area contributed by atoms with Gasteiger partial charge in [0.05, 0.1) is 30.8 Å². The molecule has 4 aromatic carbocycles. The molecule has 0 fully saturated rings. The van der Waals surface area contributed by atoms with Crippen LogP contribution >= 0.6 is 22.6 Å². The number of nitrogens with zero attached hydrogens (tertiary/aromatic N) is 1. The second-order valence-corrected chi connectivity index (χ2v) is 11.4. The molecule has 0 bridgehead atoms. The molecule has 2 heterocycles. The van der Waals surface area contributed by atoms with E-state index in [1.165, 1.54) is 12.1 Å². The number of H-pyrrole nitrogens is 1. The molecule has 0 aliphatic heterocycles. The van der Waals surface area contributed by atoms with Crippen LogP contribution in [0.25, 0.3) is 22.1 Å². The predicted molar refractivity (Wildman–Crippen MR) is 225 cm³/mol. The molecule has 14 heteroatoms. The van der Waals surface area contributed by atoms with E-state index in [1.54, 1.807) is 50.2 Å². The summed E-state index contributed by atoms with van der Waals surface area (Å²) in [6, 6.07) is 27.8. The third-order valence-electron chi connectivity index (χ3n) is 7.63. The average Bonchev–Trinajstić information content (AvgIpc) is 3.71. The van der Waals surface area contributed by atoms with Crippen LogP contribution in [0.3, 0.4) is 0 Å². The van der Waals surface area contributed by atoms with Crippen molar-refractivity contribution in [2.24, 2.45) is 0 Å². The van der Waals surface area contributed by atoms with Crippen LogP contribution in [0.15, 0.2) is 113 Å². The van der Waals surface area contributed by atoms with E-state index in [0.29, 0.717) is 35.2 Å². The number of benzene rings is 4. The summed E-state index contributed by atoms with van der Waals surface area (Å²) in [6.45, 7) is 5.97. The Bertz CT molecular complexity index is 2270. The predicted octanol–water partition coefficient (Wildman–Crippen LogP) is 10.2. The number of rotatable bonds is 13. The number of para-hydroxylation sites is 2. The average molecular weight is 893 g/mol. The molecule has 0 spiro atoms. The van der Waals surface area contributed by atoms with Crippen LogP contribution in [0.1, 0.15) is 72.4 Å². The number of unbranched alkanes of at least 4 members (excludes halogenated alkanes) is 1. The summed E-state index contributed by atoms with van der Waals surface area (Å²) in [5.41, 5.74) is -0.189. The highest BCUT2D eigenvalue weighted by Gasteiger charge is 2.25. The SMILES string of the molecule is C.CCCCOC(=O)c1cc(Oc2ccccc2)ccc1-c1ocnc1C(=O)OCC.CCOC(=O)c1[nH]c(=O)c2cc(Oc3ccccc3)ccc2c1O.CI. The van der Waals surface area contributed by atoms with Gasteiger partial charge in [-0.3, -0.25) is 4.79 Å². The van der Waals surface area contributed by atoms with Gasteiger partial charge in [-0.1, -0.05) is 79.8 Å². The van der Waals surface area contributed by atoms with E-state index in [0.717, 1.165) is 19.2 Å².